The average molecular weight is 464 g/mol. The number of carbonyl (C=O) groups excluding carboxylic acids is 1. The zero-order valence-electron chi connectivity index (χ0n) is 18.8. The SMILES string of the molecule is Cc1ccc(NC(=S)Nc2cccc(SC(C)C(=O)Nc3ccc(C(C)C)cc3)c2)cc1. The Balaban J connectivity index is 1.55. The van der Waals surface area contributed by atoms with Crippen molar-refractivity contribution in [3.63, 3.8) is 0 Å². The molecule has 0 bridgehead atoms. The zero-order valence-corrected chi connectivity index (χ0v) is 20.4. The van der Waals surface area contributed by atoms with Crippen molar-refractivity contribution in [2.45, 2.75) is 43.8 Å². The molecular weight excluding hydrogens is 434 g/mol. The van der Waals surface area contributed by atoms with Crippen LogP contribution in [-0.2, 0) is 4.79 Å². The van der Waals surface area contributed by atoms with Crippen molar-refractivity contribution < 1.29 is 4.79 Å². The van der Waals surface area contributed by atoms with Crippen molar-refractivity contribution in [2.75, 3.05) is 16.0 Å². The van der Waals surface area contributed by atoms with E-state index in [1.165, 1.54) is 22.9 Å². The fraction of sp³-hybridized carbons (Fsp3) is 0.231. The van der Waals surface area contributed by atoms with Gasteiger partial charge in [0.05, 0.1) is 5.25 Å². The van der Waals surface area contributed by atoms with Crippen molar-refractivity contribution in [1.29, 1.82) is 0 Å². The number of rotatable bonds is 7. The standard InChI is InChI=1S/C26H29N3OS2/c1-17(2)20-10-14-21(15-11-20)27-25(30)19(4)32-24-7-5-6-23(16-24)29-26(31)28-22-12-8-18(3)9-13-22/h5-17,19H,1-4H3,(H,27,30)(H2,28,29,31). The molecule has 166 valence electrons. The Kier molecular flexibility index (Phi) is 8.31. The molecule has 0 saturated carbocycles. The van der Waals surface area contributed by atoms with Crippen LogP contribution < -0.4 is 16.0 Å². The fourth-order valence-corrected chi connectivity index (χ4v) is 4.19. The third-order valence-corrected chi connectivity index (χ3v) is 6.23. The Hall–Kier alpha value is -2.83. The monoisotopic (exact) mass is 463 g/mol. The number of hydrogen-bond donors (Lipinski definition) is 3. The molecule has 0 aliphatic carbocycles. The van der Waals surface area contributed by atoms with Gasteiger partial charge in [-0.3, -0.25) is 4.79 Å². The van der Waals surface area contributed by atoms with Crippen LogP contribution in [-0.4, -0.2) is 16.3 Å². The van der Waals surface area contributed by atoms with Gasteiger partial charge in [-0.25, -0.2) is 0 Å². The molecule has 0 fully saturated rings. The van der Waals surface area contributed by atoms with Gasteiger partial charge in [-0.1, -0.05) is 49.7 Å². The van der Waals surface area contributed by atoms with E-state index in [1.807, 2.05) is 74.5 Å². The van der Waals surface area contributed by atoms with Crippen molar-refractivity contribution >= 4 is 52.1 Å². The van der Waals surface area contributed by atoms with Crippen LogP contribution in [0.4, 0.5) is 17.1 Å². The van der Waals surface area contributed by atoms with Gasteiger partial charge in [-0.05, 0) is 80.0 Å². The van der Waals surface area contributed by atoms with E-state index >= 15 is 0 Å². The molecule has 3 N–H and O–H groups in total. The Morgan fingerprint density at radius 1 is 0.812 bits per heavy atom. The summed E-state index contributed by atoms with van der Waals surface area (Å²) in [6, 6.07) is 24.0. The summed E-state index contributed by atoms with van der Waals surface area (Å²) >= 11 is 6.94. The fourth-order valence-electron chi connectivity index (χ4n) is 3.03. The van der Waals surface area contributed by atoms with Gasteiger partial charge in [-0.2, -0.15) is 0 Å². The van der Waals surface area contributed by atoms with Gasteiger partial charge in [0.2, 0.25) is 5.91 Å². The molecule has 1 unspecified atom stereocenters. The van der Waals surface area contributed by atoms with Crippen molar-refractivity contribution in [3.05, 3.63) is 83.9 Å². The first-order valence-corrected chi connectivity index (χ1v) is 11.9. The second kappa shape index (κ2) is 11.2. The molecule has 3 aromatic rings. The van der Waals surface area contributed by atoms with E-state index in [0.29, 0.717) is 11.0 Å². The molecule has 4 nitrogen and oxygen atoms in total. The quantitative estimate of drug-likeness (QED) is 0.259. The largest absolute Gasteiger partial charge is 0.332 e. The highest BCUT2D eigenvalue weighted by molar-refractivity contribution is 8.00. The molecule has 3 rings (SSSR count). The first kappa shape index (κ1) is 23.8. The first-order chi connectivity index (χ1) is 15.3. The maximum Gasteiger partial charge on any atom is 0.237 e. The van der Waals surface area contributed by atoms with Crippen LogP contribution in [0.5, 0.6) is 0 Å². The topological polar surface area (TPSA) is 53.2 Å². The molecule has 0 heterocycles. The normalized spacial score (nSPS) is 11.7. The van der Waals surface area contributed by atoms with Gasteiger partial charge in [-0.15, -0.1) is 11.8 Å². The molecule has 0 aliphatic rings. The second-order valence-corrected chi connectivity index (χ2v) is 9.82. The first-order valence-electron chi connectivity index (χ1n) is 10.6. The molecule has 6 heteroatoms. The lowest BCUT2D eigenvalue weighted by Crippen LogP contribution is -2.22. The number of benzene rings is 3. The Morgan fingerprint density at radius 2 is 1.41 bits per heavy atom. The van der Waals surface area contributed by atoms with E-state index in [-0.39, 0.29) is 11.2 Å². The third kappa shape index (κ3) is 7.11. The van der Waals surface area contributed by atoms with E-state index in [4.69, 9.17) is 12.2 Å². The van der Waals surface area contributed by atoms with Gasteiger partial charge in [0, 0.05) is 22.0 Å². The number of hydrogen-bond acceptors (Lipinski definition) is 3. The lowest BCUT2D eigenvalue weighted by atomic mass is 10.0. The summed E-state index contributed by atoms with van der Waals surface area (Å²) in [6.45, 7) is 8.26. The number of aryl methyl sites for hydroxylation is 1. The molecule has 0 aromatic heterocycles. The maximum atomic E-state index is 12.6. The minimum atomic E-state index is -0.243. The molecule has 0 aliphatic heterocycles. The van der Waals surface area contributed by atoms with Crippen molar-refractivity contribution in [3.8, 4) is 0 Å². The molecule has 0 spiro atoms. The number of thiocarbonyl (C=S) groups is 1. The summed E-state index contributed by atoms with van der Waals surface area (Å²) in [5, 5.41) is 9.67. The number of thioether (sulfide) groups is 1. The molecule has 1 amide bonds. The van der Waals surface area contributed by atoms with Gasteiger partial charge in [0.25, 0.3) is 0 Å². The van der Waals surface area contributed by atoms with E-state index in [2.05, 4.69) is 41.9 Å². The summed E-state index contributed by atoms with van der Waals surface area (Å²) in [7, 11) is 0. The van der Waals surface area contributed by atoms with Crippen LogP contribution in [0.1, 0.15) is 37.8 Å². The third-order valence-electron chi connectivity index (χ3n) is 4.93. The van der Waals surface area contributed by atoms with E-state index in [9.17, 15) is 4.79 Å². The van der Waals surface area contributed by atoms with E-state index in [0.717, 1.165) is 22.0 Å². The summed E-state index contributed by atoms with van der Waals surface area (Å²) < 4.78 is 0. The molecule has 0 radical (unpaired) electrons. The zero-order chi connectivity index (χ0) is 23.1. The Morgan fingerprint density at radius 3 is 2.06 bits per heavy atom. The van der Waals surface area contributed by atoms with Crippen LogP contribution in [0.15, 0.2) is 77.7 Å². The molecule has 1 atom stereocenters. The van der Waals surface area contributed by atoms with Crippen LogP contribution in [0, 0.1) is 6.92 Å². The molecule has 3 aromatic carbocycles. The van der Waals surface area contributed by atoms with Crippen LogP contribution in [0.2, 0.25) is 0 Å². The summed E-state index contributed by atoms with van der Waals surface area (Å²) in [5.74, 6) is 0.442. The number of amides is 1. The second-order valence-electron chi connectivity index (χ2n) is 8.00. The van der Waals surface area contributed by atoms with Gasteiger partial charge < -0.3 is 16.0 Å². The van der Waals surface area contributed by atoms with Crippen LogP contribution in [0.3, 0.4) is 0 Å². The predicted octanol–water partition coefficient (Wildman–Crippen LogP) is 7.05. The molecule has 32 heavy (non-hydrogen) atoms. The van der Waals surface area contributed by atoms with E-state index < -0.39 is 0 Å². The minimum Gasteiger partial charge on any atom is -0.332 e. The van der Waals surface area contributed by atoms with Crippen molar-refractivity contribution in [1.82, 2.24) is 0 Å². The number of nitrogens with one attached hydrogen (secondary N) is 3. The smallest absolute Gasteiger partial charge is 0.237 e. The highest BCUT2D eigenvalue weighted by atomic mass is 32.2. The maximum absolute atomic E-state index is 12.6. The highest BCUT2D eigenvalue weighted by Gasteiger charge is 2.15. The average Bonchev–Trinajstić information content (AvgIpc) is 2.76. The molecule has 0 saturated heterocycles. The van der Waals surface area contributed by atoms with Gasteiger partial charge in [0.15, 0.2) is 5.11 Å². The van der Waals surface area contributed by atoms with E-state index in [1.54, 1.807) is 0 Å². The minimum absolute atomic E-state index is 0.0257. The number of carbonyl (C=O) groups is 1. The van der Waals surface area contributed by atoms with Crippen LogP contribution in [0.25, 0.3) is 0 Å². The highest BCUT2D eigenvalue weighted by Crippen LogP contribution is 2.27. The van der Waals surface area contributed by atoms with Gasteiger partial charge >= 0.3 is 0 Å². The lowest BCUT2D eigenvalue weighted by Gasteiger charge is -2.14. The Bertz CT molecular complexity index is 1060. The van der Waals surface area contributed by atoms with Gasteiger partial charge in [0.1, 0.15) is 0 Å². The molecular formula is C26H29N3OS2. The summed E-state index contributed by atoms with van der Waals surface area (Å²) in [5.41, 5.74) is 5.08. The van der Waals surface area contributed by atoms with Crippen LogP contribution >= 0.6 is 24.0 Å². The van der Waals surface area contributed by atoms with Crippen molar-refractivity contribution in [2.24, 2.45) is 0 Å². The number of anilines is 3. The summed E-state index contributed by atoms with van der Waals surface area (Å²) in [4.78, 5) is 13.6. The Labute approximate surface area is 200 Å². The predicted molar refractivity (Wildman–Crippen MR) is 142 cm³/mol. The lowest BCUT2D eigenvalue weighted by molar-refractivity contribution is -0.115. The summed E-state index contributed by atoms with van der Waals surface area (Å²) in [6.07, 6.45) is 0.